The Balaban J connectivity index is 1.08. The van der Waals surface area contributed by atoms with E-state index in [2.05, 4.69) is 59.4 Å². The van der Waals surface area contributed by atoms with Crippen LogP contribution in [0.4, 0.5) is 5.69 Å². The van der Waals surface area contributed by atoms with Crippen LogP contribution in [-0.2, 0) is 16.0 Å². The van der Waals surface area contributed by atoms with Gasteiger partial charge in [-0.1, -0.05) is 55.3 Å². The molecule has 2 aromatic carbocycles. The molecule has 2 saturated heterocycles. The number of nitrogens with one attached hydrogen (secondary N) is 1. The lowest BCUT2D eigenvalue weighted by molar-refractivity contribution is -0.155. The lowest BCUT2D eigenvalue weighted by Gasteiger charge is -2.50. The second-order valence-electron chi connectivity index (χ2n) is 11.8. The summed E-state index contributed by atoms with van der Waals surface area (Å²) >= 11 is 0. The van der Waals surface area contributed by atoms with E-state index >= 15 is 0 Å². The first-order valence-corrected chi connectivity index (χ1v) is 15.0. The highest BCUT2D eigenvalue weighted by Gasteiger charge is 2.50. The van der Waals surface area contributed by atoms with Crippen molar-refractivity contribution in [2.45, 2.75) is 71.1 Å². The van der Waals surface area contributed by atoms with Crippen LogP contribution in [0.1, 0.15) is 55.2 Å². The zero-order chi connectivity index (χ0) is 27.6. The monoisotopic (exact) mass is 542 g/mol. The third-order valence-corrected chi connectivity index (χ3v) is 9.24. The maximum atomic E-state index is 13.6. The van der Waals surface area contributed by atoms with Crippen LogP contribution in [0.3, 0.4) is 0 Å². The van der Waals surface area contributed by atoms with Crippen molar-refractivity contribution in [3.8, 4) is 0 Å². The van der Waals surface area contributed by atoms with Gasteiger partial charge in [-0.3, -0.25) is 15.0 Å². The molecule has 2 aromatic rings. The largest absolute Gasteiger partial charge is 0.368 e. The minimum atomic E-state index is -0.248. The molecule has 40 heavy (non-hydrogen) atoms. The summed E-state index contributed by atoms with van der Waals surface area (Å²) in [6.07, 6.45) is 5.80. The molecule has 3 aliphatic heterocycles. The second kappa shape index (κ2) is 11.5. The standard InChI is InChI=1S/C32H42N6O2/c1-23-12-13-24(2)28(22-23)35-18-20-36(21-19-35)30(39)15-14-29-33-34-32-37(17-16-25-8-4-3-5-9-25)31(40)26-10-6-7-11-27(26)38(29)32/h3-5,8-9,12-13,22,26-27,32,34H,6-7,10-11,14-21H2,1-2H3. The third kappa shape index (κ3) is 5.28. The van der Waals surface area contributed by atoms with Crippen LogP contribution in [0, 0.1) is 19.8 Å². The molecule has 6 rings (SSSR count). The lowest BCUT2D eigenvalue weighted by atomic mass is 9.80. The minimum Gasteiger partial charge on any atom is -0.368 e. The molecule has 0 aromatic heterocycles. The fraction of sp³-hybridized carbons (Fsp3) is 0.531. The lowest BCUT2D eigenvalue weighted by Crippen LogP contribution is -2.67. The van der Waals surface area contributed by atoms with Crippen LogP contribution in [-0.4, -0.2) is 77.4 Å². The van der Waals surface area contributed by atoms with Gasteiger partial charge in [-0.05, 0) is 55.9 Å². The van der Waals surface area contributed by atoms with E-state index in [9.17, 15) is 9.59 Å². The van der Waals surface area contributed by atoms with Gasteiger partial charge in [0, 0.05) is 57.3 Å². The molecule has 1 saturated carbocycles. The third-order valence-electron chi connectivity index (χ3n) is 9.24. The van der Waals surface area contributed by atoms with E-state index in [0.717, 1.165) is 64.1 Å². The maximum absolute atomic E-state index is 13.6. The average molecular weight is 543 g/mol. The molecule has 212 valence electrons. The SMILES string of the molecule is Cc1ccc(C)c(N2CCN(C(=O)CCC3=NNC4N(CCc5ccccc5)C(=O)C5CCCCC5N34)CC2)c1. The quantitative estimate of drug-likeness (QED) is 0.575. The van der Waals surface area contributed by atoms with Gasteiger partial charge >= 0.3 is 0 Å². The fourth-order valence-corrected chi connectivity index (χ4v) is 7.00. The molecule has 0 bridgehead atoms. The number of anilines is 1. The number of piperazine rings is 1. The fourth-order valence-electron chi connectivity index (χ4n) is 7.00. The van der Waals surface area contributed by atoms with Crippen LogP contribution in [0.2, 0.25) is 0 Å². The van der Waals surface area contributed by atoms with Crippen LogP contribution in [0.5, 0.6) is 0 Å². The second-order valence-corrected chi connectivity index (χ2v) is 11.8. The van der Waals surface area contributed by atoms with Gasteiger partial charge in [-0.2, -0.15) is 5.10 Å². The molecular weight excluding hydrogens is 500 g/mol. The topological polar surface area (TPSA) is 71.5 Å². The van der Waals surface area contributed by atoms with E-state index in [-0.39, 0.29) is 30.1 Å². The first kappa shape index (κ1) is 26.7. The minimum absolute atomic E-state index is 0.0136. The summed E-state index contributed by atoms with van der Waals surface area (Å²) in [6, 6.07) is 17.1. The zero-order valence-electron chi connectivity index (χ0n) is 23.9. The molecule has 8 nitrogen and oxygen atoms in total. The summed E-state index contributed by atoms with van der Waals surface area (Å²) < 4.78 is 0. The van der Waals surface area contributed by atoms with E-state index in [0.29, 0.717) is 19.4 Å². The molecule has 3 unspecified atom stereocenters. The molecule has 0 radical (unpaired) electrons. The summed E-state index contributed by atoms with van der Waals surface area (Å²) in [4.78, 5) is 35.7. The Labute approximate surface area is 238 Å². The summed E-state index contributed by atoms with van der Waals surface area (Å²) in [5.41, 5.74) is 8.34. The zero-order valence-corrected chi connectivity index (χ0v) is 23.9. The highest BCUT2D eigenvalue weighted by Crippen LogP contribution is 2.38. The Hall–Kier alpha value is -3.55. The van der Waals surface area contributed by atoms with E-state index in [1.54, 1.807) is 0 Å². The molecular formula is C32H42N6O2. The number of hydrogen-bond donors (Lipinski definition) is 1. The summed E-state index contributed by atoms with van der Waals surface area (Å²) in [5.74, 6) is 1.39. The number of amides is 2. The summed E-state index contributed by atoms with van der Waals surface area (Å²) in [6.45, 7) is 8.15. The molecule has 3 heterocycles. The first-order chi connectivity index (χ1) is 19.5. The number of fused-ring (bicyclic) bond motifs is 3. The van der Waals surface area contributed by atoms with Crippen molar-refractivity contribution >= 4 is 23.3 Å². The predicted octanol–water partition coefficient (Wildman–Crippen LogP) is 3.88. The highest BCUT2D eigenvalue weighted by atomic mass is 16.2. The molecule has 3 atom stereocenters. The van der Waals surface area contributed by atoms with Crippen molar-refractivity contribution < 1.29 is 9.59 Å². The van der Waals surface area contributed by atoms with Gasteiger partial charge in [0.05, 0.1) is 5.92 Å². The molecule has 1 aliphatic carbocycles. The normalized spacial score (nSPS) is 24.4. The van der Waals surface area contributed by atoms with Gasteiger partial charge in [0.15, 0.2) is 6.29 Å². The Bertz CT molecular complexity index is 1260. The van der Waals surface area contributed by atoms with Gasteiger partial charge < -0.3 is 19.6 Å². The van der Waals surface area contributed by atoms with Crippen molar-refractivity contribution in [1.29, 1.82) is 0 Å². The van der Waals surface area contributed by atoms with E-state index in [1.165, 1.54) is 22.4 Å². The van der Waals surface area contributed by atoms with E-state index < -0.39 is 0 Å². The number of carbonyl (C=O) groups excluding carboxylic acids is 2. The van der Waals surface area contributed by atoms with Gasteiger partial charge in [0.2, 0.25) is 11.8 Å². The number of benzene rings is 2. The van der Waals surface area contributed by atoms with E-state index in [1.807, 2.05) is 28.0 Å². The van der Waals surface area contributed by atoms with Crippen LogP contribution >= 0.6 is 0 Å². The van der Waals surface area contributed by atoms with Crippen molar-refractivity contribution in [3.05, 3.63) is 65.2 Å². The first-order valence-electron chi connectivity index (χ1n) is 15.0. The maximum Gasteiger partial charge on any atom is 0.230 e. The van der Waals surface area contributed by atoms with Crippen LogP contribution in [0.25, 0.3) is 0 Å². The Kier molecular flexibility index (Phi) is 7.67. The van der Waals surface area contributed by atoms with Crippen LogP contribution < -0.4 is 10.3 Å². The Morgan fingerprint density at radius 3 is 2.55 bits per heavy atom. The van der Waals surface area contributed by atoms with E-state index in [4.69, 9.17) is 5.10 Å². The van der Waals surface area contributed by atoms with Crippen molar-refractivity contribution in [1.82, 2.24) is 20.1 Å². The molecule has 1 N–H and O–H groups in total. The Morgan fingerprint density at radius 1 is 0.975 bits per heavy atom. The predicted molar refractivity (Wildman–Crippen MR) is 158 cm³/mol. The van der Waals surface area contributed by atoms with Crippen molar-refractivity contribution in [3.63, 3.8) is 0 Å². The molecule has 4 aliphatic rings. The van der Waals surface area contributed by atoms with Crippen molar-refractivity contribution in [2.24, 2.45) is 11.0 Å². The number of hydrogen-bond acceptors (Lipinski definition) is 6. The average Bonchev–Trinajstić information content (AvgIpc) is 3.41. The van der Waals surface area contributed by atoms with Crippen LogP contribution in [0.15, 0.2) is 53.6 Å². The van der Waals surface area contributed by atoms with Gasteiger partial charge in [-0.15, -0.1) is 0 Å². The van der Waals surface area contributed by atoms with Gasteiger partial charge in [0.25, 0.3) is 0 Å². The number of carbonyl (C=O) groups is 2. The molecule has 2 amide bonds. The number of nitrogens with zero attached hydrogens (tertiary/aromatic N) is 5. The smallest absolute Gasteiger partial charge is 0.230 e. The van der Waals surface area contributed by atoms with Gasteiger partial charge in [0.1, 0.15) is 5.84 Å². The summed E-state index contributed by atoms with van der Waals surface area (Å²) in [7, 11) is 0. The number of rotatable bonds is 7. The number of hydrazone groups is 1. The highest BCUT2D eigenvalue weighted by molar-refractivity contribution is 5.91. The number of aryl methyl sites for hydroxylation is 2. The molecule has 3 fully saturated rings. The number of amidine groups is 1. The Morgan fingerprint density at radius 2 is 1.75 bits per heavy atom. The van der Waals surface area contributed by atoms with Crippen molar-refractivity contribution in [2.75, 3.05) is 37.6 Å². The molecule has 0 spiro atoms. The molecule has 8 heteroatoms. The summed E-state index contributed by atoms with van der Waals surface area (Å²) in [5, 5.41) is 4.72. The van der Waals surface area contributed by atoms with Gasteiger partial charge in [-0.25, -0.2) is 0 Å².